The van der Waals surface area contributed by atoms with E-state index in [0.717, 1.165) is 0 Å². The minimum absolute atomic E-state index is 0.220. The zero-order valence-electron chi connectivity index (χ0n) is 9.49. The van der Waals surface area contributed by atoms with Crippen molar-refractivity contribution in [2.45, 2.75) is 12.5 Å². The first-order valence-electron chi connectivity index (χ1n) is 5.16. The molecule has 1 atom stereocenters. The number of nitrogens with one attached hydrogen (secondary N) is 1. The highest BCUT2D eigenvalue weighted by atomic mass is 35.5. The lowest BCUT2D eigenvalue weighted by Crippen LogP contribution is -2.41. The van der Waals surface area contributed by atoms with Crippen molar-refractivity contribution in [3.05, 3.63) is 34.4 Å². The molecule has 5 nitrogen and oxygen atoms in total. The van der Waals surface area contributed by atoms with Gasteiger partial charge in [0.05, 0.1) is 10.6 Å². The minimum Gasteiger partial charge on any atom is -0.480 e. The predicted octanol–water partition coefficient (Wildman–Crippen LogP) is 1.18. The molecule has 19 heavy (non-hydrogen) atoms. The molecule has 0 radical (unpaired) electrons. The van der Waals surface area contributed by atoms with Gasteiger partial charge in [-0.2, -0.15) is 0 Å². The minimum atomic E-state index is -1.36. The maximum Gasteiger partial charge on any atom is 0.326 e. The van der Waals surface area contributed by atoms with E-state index in [9.17, 15) is 18.4 Å². The molecule has 8 heteroatoms. The lowest BCUT2D eigenvalue weighted by molar-refractivity contribution is -0.139. The van der Waals surface area contributed by atoms with Crippen LogP contribution in [-0.4, -0.2) is 34.7 Å². The molecule has 1 amide bonds. The number of rotatable bonds is 5. The standard InChI is InChI=1S/C11H10ClF2NO4/c12-6-4-8(14)7(13)3-5(6)10(17)15-9(1-2-16)11(18)19/h3-4,9,16H,1-2H2,(H,15,17)(H,18,19)/t9-/m0/s1. The summed E-state index contributed by atoms with van der Waals surface area (Å²) in [4.78, 5) is 22.5. The average molecular weight is 294 g/mol. The summed E-state index contributed by atoms with van der Waals surface area (Å²) >= 11 is 5.57. The Hall–Kier alpha value is -1.73. The number of amides is 1. The van der Waals surface area contributed by atoms with Gasteiger partial charge in [-0.1, -0.05) is 11.6 Å². The summed E-state index contributed by atoms with van der Waals surface area (Å²) in [5.41, 5.74) is -0.384. The number of hydrogen-bond donors (Lipinski definition) is 3. The van der Waals surface area contributed by atoms with Gasteiger partial charge in [-0.25, -0.2) is 13.6 Å². The molecular formula is C11H10ClF2NO4. The first-order chi connectivity index (χ1) is 8.86. The van der Waals surface area contributed by atoms with Gasteiger partial charge in [0.15, 0.2) is 11.6 Å². The Bertz CT molecular complexity index is 510. The third-order valence-electron chi connectivity index (χ3n) is 2.28. The maximum atomic E-state index is 13.0. The quantitative estimate of drug-likeness (QED) is 0.712. The fourth-order valence-corrected chi connectivity index (χ4v) is 1.56. The van der Waals surface area contributed by atoms with E-state index in [2.05, 4.69) is 0 Å². The van der Waals surface area contributed by atoms with Crippen LogP contribution in [0.2, 0.25) is 5.02 Å². The normalized spacial score (nSPS) is 12.0. The highest BCUT2D eigenvalue weighted by molar-refractivity contribution is 6.33. The van der Waals surface area contributed by atoms with Gasteiger partial charge in [0, 0.05) is 13.0 Å². The molecule has 1 aromatic rings. The number of hydrogen-bond acceptors (Lipinski definition) is 3. The van der Waals surface area contributed by atoms with Crippen molar-refractivity contribution in [1.29, 1.82) is 0 Å². The largest absolute Gasteiger partial charge is 0.480 e. The van der Waals surface area contributed by atoms with Gasteiger partial charge in [0.1, 0.15) is 6.04 Å². The Kier molecular flexibility index (Phi) is 5.20. The predicted molar refractivity (Wildman–Crippen MR) is 62.0 cm³/mol. The van der Waals surface area contributed by atoms with Crippen molar-refractivity contribution in [2.24, 2.45) is 0 Å². The molecule has 104 valence electrons. The lowest BCUT2D eigenvalue weighted by atomic mass is 10.1. The molecule has 0 bridgehead atoms. The molecule has 0 unspecified atom stereocenters. The number of benzene rings is 1. The SMILES string of the molecule is O=C(N[C@@H](CCO)C(=O)O)c1cc(F)c(F)cc1Cl. The summed E-state index contributed by atoms with van der Waals surface area (Å²) in [6.07, 6.45) is -0.220. The molecule has 0 aliphatic rings. The van der Waals surface area contributed by atoms with Crippen LogP contribution < -0.4 is 5.32 Å². The molecule has 0 spiro atoms. The van der Waals surface area contributed by atoms with E-state index in [-0.39, 0.29) is 17.0 Å². The van der Waals surface area contributed by atoms with Crippen LogP contribution in [0.25, 0.3) is 0 Å². The van der Waals surface area contributed by atoms with Crippen molar-refractivity contribution in [1.82, 2.24) is 5.32 Å². The zero-order valence-corrected chi connectivity index (χ0v) is 10.2. The smallest absolute Gasteiger partial charge is 0.326 e. The van der Waals surface area contributed by atoms with E-state index in [1.54, 1.807) is 0 Å². The van der Waals surface area contributed by atoms with Crippen LogP contribution in [0.3, 0.4) is 0 Å². The van der Waals surface area contributed by atoms with Crippen LogP contribution in [0.15, 0.2) is 12.1 Å². The molecule has 0 saturated carbocycles. The van der Waals surface area contributed by atoms with Crippen LogP contribution >= 0.6 is 11.6 Å². The lowest BCUT2D eigenvalue weighted by Gasteiger charge is -2.14. The van der Waals surface area contributed by atoms with E-state index in [4.69, 9.17) is 21.8 Å². The number of aliphatic carboxylic acids is 1. The third-order valence-corrected chi connectivity index (χ3v) is 2.59. The second-order valence-corrected chi connectivity index (χ2v) is 4.03. The second kappa shape index (κ2) is 6.44. The average Bonchev–Trinajstić information content (AvgIpc) is 2.32. The first kappa shape index (κ1) is 15.3. The number of aliphatic hydroxyl groups excluding tert-OH is 1. The monoisotopic (exact) mass is 293 g/mol. The molecular weight excluding hydrogens is 284 g/mol. The number of aliphatic hydroxyl groups is 1. The van der Waals surface area contributed by atoms with Crippen LogP contribution in [0, 0.1) is 11.6 Å². The van der Waals surface area contributed by atoms with Crippen LogP contribution in [0.5, 0.6) is 0 Å². The molecule has 0 aromatic heterocycles. The summed E-state index contributed by atoms with van der Waals surface area (Å²) in [6, 6.07) is -0.153. The summed E-state index contributed by atoms with van der Waals surface area (Å²) in [5.74, 6) is -4.82. The highest BCUT2D eigenvalue weighted by Gasteiger charge is 2.22. The summed E-state index contributed by atoms with van der Waals surface area (Å²) in [6.45, 7) is -0.456. The number of halogens is 3. The Morgan fingerprint density at radius 1 is 1.32 bits per heavy atom. The summed E-state index contributed by atoms with van der Waals surface area (Å²) in [5, 5.41) is 19.1. The van der Waals surface area contributed by atoms with Gasteiger partial charge < -0.3 is 15.5 Å². The second-order valence-electron chi connectivity index (χ2n) is 3.62. The van der Waals surface area contributed by atoms with Crippen LogP contribution in [0.4, 0.5) is 8.78 Å². The Morgan fingerprint density at radius 3 is 2.42 bits per heavy atom. The third kappa shape index (κ3) is 3.87. The molecule has 0 saturated heterocycles. The van der Waals surface area contributed by atoms with Crippen molar-refractivity contribution < 1.29 is 28.6 Å². The molecule has 1 rings (SSSR count). The van der Waals surface area contributed by atoms with Crippen molar-refractivity contribution >= 4 is 23.5 Å². The van der Waals surface area contributed by atoms with E-state index >= 15 is 0 Å². The van der Waals surface area contributed by atoms with Crippen LogP contribution in [0.1, 0.15) is 16.8 Å². The Morgan fingerprint density at radius 2 is 1.89 bits per heavy atom. The van der Waals surface area contributed by atoms with Gasteiger partial charge in [-0.3, -0.25) is 4.79 Å². The Labute approximate surface area is 111 Å². The maximum absolute atomic E-state index is 13.0. The Balaban J connectivity index is 2.94. The van der Waals surface area contributed by atoms with Gasteiger partial charge in [-0.15, -0.1) is 0 Å². The van der Waals surface area contributed by atoms with Crippen LogP contribution in [-0.2, 0) is 4.79 Å². The van der Waals surface area contributed by atoms with E-state index < -0.39 is 36.2 Å². The summed E-state index contributed by atoms with van der Waals surface area (Å²) in [7, 11) is 0. The van der Waals surface area contributed by atoms with E-state index in [0.29, 0.717) is 12.1 Å². The number of carboxylic acid groups (broad SMARTS) is 1. The molecule has 3 N–H and O–H groups in total. The fourth-order valence-electron chi connectivity index (χ4n) is 1.32. The zero-order chi connectivity index (χ0) is 14.6. The topological polar surface area (TPSA) is 86.6 Å². The highest BCUT2D eigenvalue weighted by Crippen LogP contribution is 2.20. The van der Waals surface area contributed by atoms with Crippen molar-refractivity contribution in [3.63, 3.8) is 0 Å². The first-order valence-corrected chi connectivity index (χ1v) is 5.53. The van der Waals surface area contributed by atoms with E-state index in [1.165, 1.54) is 0 Å². The molecule has 0 heterocycles. The number of carboxylic acids is 1. The number of carbonyl (C=O) groups is 2. The van der Waals surface area contributed by atoms with Crippen molar-refractivity contribution in [3.8, 4) is 0 Å². The van der Waals surface area contributed by atoms with Gasteiger partial charge in [0.2, 0.25) is 0 Å². The van der Waals surface area contributed by atoms with E-state index in [1.807, 2.05) is 5.32 Å². The van der Waals surface area contributed by atoms with Gasteiger partial charge in [-0.05, 0) is 12.1 Å². The van der Waals surface area contributed by atoms with Gasteiger partial charge in [0.25, 0.3) is 5.91 Å². The molecule has 0 aliphatic carbocycles. The molecule has 1 aromatic carbocycles. The fraction of sp³-hybridized carbons (Fsp3) is 0.273. The van der Waals surface area contributed by atoms with Gasteiger partial charge >= 0.3 is 5.97 Å². The molecule has 0 fully saturated rings. The molecule has 0 aliphatic heterocycles. The van der Waals surface area contributed by atoms with Crippen molar-refractivity contribution in [2.75, 3.05) is 6.61 Å². The summed E-state index contributed by atoms with van der Waals surface area (Å²) < 4.78 is 25.8. The number of carbonyl (C=O) groups excluding carboxylic acids is 1.